The van der Waals surface area contributed by atoms with Crippen LogP contribution in [0.4, 0.5) is 5.69 Å². The number of pyridine rings is 1. The van der Waals surface area contributed by atoms with Gasteiger partial charge in [-0.3, -0.25) is 14.9 Å². The minimum Gasteiger partial charge on any atom is -0.490 e. The Morgan fingerprint density at radius 1 is 1.11 bits per heavy atom. The highest BCUT2D eigenvalue weighted by Crippen LogP contribution is 2.33. The fourth-order valence-corrected chi connectivity index (χ4v) is 4.61. The first-order valence-corrected chi connectivity index (χ1v) is 12.6. The summed E-state index contributed by atoms with van der Waals surface area (Å²) in [4.78, 5) is 32.6. The molecule has 0 unspecified atom stereocenters. The van der Waals surface area contributed by atoms with Crippen LogP contribution in [-0.4, -0.2) is 32.4 Å². The zero-order valence-electron chi connectivity index (χ0n) is 20.9. The van der Waals surface area contributed by atoms with Crippen LogP contribution in [0.5, 0.6) is 17.4 Å². The standard InChI is InChI=1S/C28H27N5O5/c1-2-37-25-16-19(12-14-24(25)38-26-15-13-21(18-29-26)33(35)36)17-30-32-27(20-8-4-3-5-9-20)31-23-11-7-6-10-22(23)28(32)34/h6-7,10-18,20H,2-5,8-9H2,1H3. The lowest BCUT2D eigenvalue weighted by atomic mass is 9.88. The van der Waals surface area contributed by atoms with E-state index in [4.69, 9.17) is 14.5 Å². The number of ether oxygens (including phenoxy) is 2. The van der Waals surface area contributed by atoms with Gasteiger partial charge in [-0.05, 0) is 55.7 Å². The quantitative estimate of drug-likeness (QED) is 0.165. The lowest BCUT2D eigenvalue weighted by Crippen LogP contribution is -2.25. The van der Waals surface area contributed by atoms with Crippen LogP contribution in [0.3, 0.4) is 0 Å². The highest BCUT2D eigenvalue weighted by Gasteiger charge is 2.22. The average Bonchev–Trinajstić information content (AvgIpc) is 2.94. The van der Waals surface area contributed by atoms with Crippen LogP contribution in [0.2, 0.25) is 0 Å². The molecule has 10 nitrogen and oxygen atoms in total. The number of rotatable bonds is 8. The fourth-order valence-electron chi connectivity index (χ4n) is 4.61. The molecular formula is C28H27N5O5. The van der Waals surface area contributed by atoms with Crippen LogP contribution in [-0.2, 0) is 0 Å². The molecule has 10 heteroatoms. The summed E-state index contributed by atoms with van der Waals surface area (Å²) in [5, 5.41) is 16.0. The monoisotopic (exact) mass is 513 g/mol. The molecule has 1 aliphatic carbocycles. The van der Waals surface area contributed by atoms with Gasteiger partial charge in [-0.2, -0.15) is 9.78 Å². The van der Waals surface area contributed by atoms with Crippen LogP contribution < -0.4 is 15.0 Å². The molecule has 0 amide bonds. The molecule has 0 aliphatic heterocycles. The van der Waals surface area contributed by atoms with Crippen molar-refractivity contribution >= 4 is 22.8 Å². The number of hydrogen-bond donors (Lipinski definition) is 0. The third-order valence-electron chi connectivity index (χ3n) is 6.49. The van der Waals surface area contributed by atoms with Gasteiger partial charge in [0.25, 0.3) is 11.2 Å². The number of para-hydroxylation sites is 1. The summed E-state index contributed by atoms with van der Waals surface area (Å²) in [5.41, 5.74) is 1.07. The Hall–Kier alpha value is -4.60. The van der Waals surface area contributed by atoms with Crippen molar-refractivity contribution in [2.24, 2.45) is 5.10 Å². The van der Waals surface area contributed by atoms with Gasteiger partial charge in [-0.25, -0.2) is 9.97 Å². The number of nitro groups is 1. The summed E-state index contributed by atoms with van der Waals surface area (Å²) in [7, 11) is 0. The predicted octanol–water partition coefficient (Wildman–Crippen LogP) is 5.82. The first-order chi connectivity index (χ1) is 18.5. The Morgan fingerprint density at radius 3 is 2.66 bits per heavy atom. The largest absolute Gasteiger partial charge is 0.490 e. The van der Waals surface area contributed by atoms with Crippen LogP contribution in [0, 0.1) is 10.1 Å². The van der Waals surface area contributed by atoms with Crippen LogP contribution in [0.1, 0.15) is 56.3 Å². The van der Waals surface area contributed by atoms with E-state index in [1.807, 2.05) is 25.1 Å². The molecule has 1 fully saturated rings. The Morgan fingerprint density at radius 2 is 1.92 bits per heavy atom. The van der Waals surface area contributed by atoms with Crippen molar-refractivity contribution < 1.29 is 14.4 Å². The van der Waals surface area contributed by atoms with E-state index in [0.717, 1.165) is 31.9 Å². The van der Waals surface area contributed by atoms with E-state index in [0.29, 0.717) is 40.4 Å². The van der Waals surface area contributed by atoms with Crippen molar-refractivity contribution in [1.82, 2.24) is 14.6 Å². The molecule has 38 heavy (non-hydrogen) atoms. The van der Waals surface area contributed by atoms with Crippen LogP contribution in [0.25, 0.3) is 10.9 Å². The molecule has 4 aromatic rings. The fraction of sp³-hybridized carbons (Fsp3) is 0.286. The third kappa shape index (κ3) is 5.39. The maximum atomic E-state index is 13.4. The first-order valence-electron chi connectivity index (χ1n) is 12.6. The maximum Gasteiger partial charge on any atom is 0.287 e. The summed E-state index contributed by atoms with van der Waals surface area (Å²) in [6.45, 7) is 2.25. The number of hydrogen-bond acceptors (Lipinski definition) is 8. The zero-order chi connectivity index (χ0) is 26.5. The van der Waals surface area contributed by atoms with Gasteiger partial charge in [0.1, 0.15) is 12.0 Å². The minimum atomic E-state index is -0.521. The van der Waals surface area contributed by atoms with E-state index >= 15 is 0 Å². The van der Waals surface area contributed by atoms with Crippen LogP contribution in [0.15, 0.2) is 70.7 Å². The molecule has 2 aromatic carbocycles. The van der Waals surface area contributed by atoms with Crippen molar-refractivity contribution in [3.63, 3.8) is 0 Å². The SMILES string of the molecule is CCOc1cc(C=Nn2c(C3CCCCC3)nc3ccccc3c2=O)ccc1Oc1ccc([N+](=O)[O-])cn1. The van der Waals surface area contributed by atoms with E-state index in [-0.39, 0.29) is 23.0 Å². The molecular weight excluding hydrogens is 486 g/mol. The molecule has 1 saturated carbocycles. The van der Waals surface area contributed by atoms with Gasteiger partial charge in [0.05, 0.1) is 28.6 Å². The van der Waals surface area contributed by atoms with Crippen molar-refractivity contribution in [3.8, 4) is 17.4 Å². The van der Waals surface area contributed by atoms with Gasteiger partial charge in [-0.1, -0.05) is 31.4 Å². The second kappa shape index (κ2) is 11.2. The Bertz CT molecular complexity index is 1540. The summed E-state index contributed by atoms with van der Waals surface area (Å²) >= 11 is 0. The van der Waals surface area contributed by atoms with Crippen molar-refractivity contribution in [2.45, 2.75) is 44.9 Å². The Kier molecular flexibility index (Phi) is 7.39. The topological polar surface area (TPSA) is 122 Å². The van der Waals surface area contributed by atoms with Gasteiger partial charge >= 0.3 is 0 Å². The van der Waals surface area contributed by atoms with E-state index in [2.05, 4.69) is 10.1 Å². The van der Waals surface area contributed by atoms with E-state index in [1.165, 1.54) is 23.2 Å². The highest BCUT2D eigenvalue weighted by atomic mass is 16.6. The van der Waals surface area contributed by atoms with Gasteiger partial charge in [-0.15, -0.1) is 0 Å². The van der Waals surface area contributed by atoms with Crippen LogP contribution >= 0.6 is 0 Å². The van der Waals surface area contributed by atoms with Gasteiger partial charge in [0.15, 0.2) is 11.5 Å². The maximum absolute atomic E-state index is 13.4. The third-order valence-corrected chi connectivity index (χ3v) is 6.49. The van der Waals surface area contributed by atoms with Crippen molar-refractivity contribution in [1.29, 1.82) is 0 Å². The van der Waals surface area contributed by atoms with Gasteiger partial charge < -0.3 is 9.47 Å². The highest BCUT2D eigenvalue weighted by molar-refractivity contribution is 5.81. The van der Waals surface area contributed by atoms with Gasteiger partial charge in [0.2, 0.25) is 5.88 Å². The molecule has 194 valence electrons. The molecule has 0 bridgehead atoms. The minimum absolute atomic E-state index is 0.125. The second-order valence-electron chi connectivity index (χ2n) is 9.04. The summed E-state index contributed by atoms with van der Waals surface area (Å²) in [6.07, 6.45) is 8.13. The van der Waals surface area contributed by atoms with E-state index in [9.17, 15) is 14.9 Å². The summed E-state index contributed by atoms with van der Waals surface area (Å²) < 4.78 is 13.0. The molecule has 0 saturated heterocycles. The number of aromatic nitrogens is 3. The van der Waals surface area contributed by atoms with E-state index < -0.39 is 4.92 Å². The predicted molar refractivity (Wildman–Crippen MR) is 143 cm³/mol. The van der Waals surface area contributed by atoms with Gasteiger partial charge in [0, 0.05) is 18.1 Å². The molecule has 2 aromatic heterocycles. The second-order valence-corrected chi connectivity index (χ2v) is 9.04. The Balaban J connectivity index is 1.47. The number of benzene rings is 2. The lowest BCUT2D eigenvalue weighted by molar-refractivity contribution is -0.385. The summed E-state index contributed by atoms with van der Waals surface area (Å²) in [5.74, 6) is 1.93. The smallest absolute Gasteiger partial charge is 0.287 e. The molecule has 0 N–H and O–H groups in total. The van der Waals surface area contributed by atoms with E-state index in [1.54, 1.807) is 30.5 Å². The zero-order valence-corrected chi connectivity index (χ0v) is 20.9. The summed E-state index contributed by atoms with van der Waals surface area (Å²) in [6, 6.07) is 15.3. The average molecular weight is 514 g/mol. The first kappa shape index (κ1) is 25.1. The number of fused-ring (bicyclic) bond motifs is 1. The van der Waals surface area contributed by atoms with Crippen molar-refractivity contribution in [2.75, 3.05) is 6.61 Å². The normalized spacial score (nSPS) is 14.1. The molecule has 5 rings (SSSR count). The molecule has 0 spiro atoms. The lowest BCUT2D eigenvalue weighted by Gasteiger charge is -2.22. The Labute approximate surface area is 218 Å². The molecule has 2 heterocycles. The molecule has 0 atom stereocenters. The molecule has 0 radical (unpaired) electrons. The molecule has 1 aliphatic rings. The van der Waals surface area contributed by atoms with Crippen molar-refractivity contribution in [3.05, 3.63) is 92.7 Å². The number of nitrogens with zero attached hydrogens (tertiary/aromatic N) is 5.